The van der Waals surface area contributed by atoms with Crippen LogP contribution in [-0.4, -0.2) is 4.98 Å². The summed E-state index contributed by atoms with van der Waals surface area (Å²) in [4.78, 5) is 4.07. The molecule has 2 aromatic rings. The van der Waals surface area contributed by atoms with Crippen LogP contribution >= 0.6 is 39.1 Å². The standard InChI is InChI=1S/C10H6BrCl2NO/c11-4-9-10(15-5-14-9)6-1-7(12)3-8(13)2-6/h1-3,5H,4H2. The Bertz CT molecular complexity index is 464. The van der Waals surface area contributed by atoms with Crippen molar-refractivity contribution in [2.24, 2.45) is 0 Å². The Morgan fingerprint density at radius 3 is 2.47 bits per heavy atom. The summed E-state index contributed by atoms with van der Waals surface area (Å²) in [5, 5.41) is 1.78. The Hall–Kier alpha value is -0.510. The first-order chi connectivity index (χ1) is 7.20. The van der Waals surface area contributed by atoms with Crippen molar-refractivity contribution < 1.29 is 4.42 Å². The number of halogens is 3. The van der Waals surface area contributed by atoms with E-state index >= 15 is 0 Å². The number of hydrogen-bond donors (Lipinski definition) is 0. The molecule has 0 spiro atoms. The summed E-state index contributed by atoms with van der Waals surface area (Å²) in [7, 11) is 0. The lowest BCUT2D eigenvalue weighted by molar-refractivity contribution is 0.571. The summed E-state index contributed by atoms with van der Waals surface area (Å²) >= 11 is 15.1. The zero-order chi connectivity index (χ0) is 10.8. The molecule has 1 aromatic carbocycles. The zero-order valence-corrected chi connectivity index (χ0v) is 10.6. The molecule has 2 rings (SSSR count). The first-order valence-corrected chi connectivity index (χ1v) is 6.03. The highest BCUT2D eigenvalue weighted by Crippen LogP contribution is 2.29. The molecule has 5 heteroatoms. The molecule has 2 nitrogen and oxygen atoms in total. The minimum Gasteiger partial charge on any atom is -0.443 e. The van der Waals surface area contributed by atoms with E-state index in [0.29, 0.717) is 21.1 Å². The van der Waals surface area contributed by atoms with Gasteiger partial charge in [0, 0.05) is 20.9 Å². The largest absolute Gasteiger partial charge is 0.443 e. The van der Waals surface area contributed by atoms with Gasteiger partial charge in [0.25, 0.3) is 0 Å². The smallest absolute Gasteiger partial charge is 0.181 e. The Balaban J connectivity index is 2.53. The van der Waals surface area contributed by atoms with Crippen LogP contribution in [-0.2, 0) is 5.33 Å². The Morgan fingerprint density at radius 1 is 1.20 bits per heavy atom. The van der Waals surface area contributed by atoms with Crippen molar-refractivity contribution in [1.29, 1.82) is 0 Å². The fraction of sp³-hybridized carbons (Fsp3) is 0.100. The van der Waals surface area contributed by atoms with Crippen molar-refractivity contribution in [1.82, 2.24) is 4.98 Å². The molecule has 0 bridgehead atoms. The molecule has 0 fully saturated rings. The molecule has 0 saturated heterocycles. The third-order valence-electron chi connectivity index (χ3n) is 1.89. The fourth-order valence-electron chi connectivity index (χ4n) is 1.28. The predicted octanol–water partition coefficient (Wildman–Crippen LogP) is 4.54. The highest BCUT2D eigenvalue weighted by Gasteiger charge is 2.10. The predicted molar refractivity (Wildman–Crippen MR) is 64.6 cm³/mol. The molecule has 0 amide bonds. The second kappa shape index (κ2) is 4.56. The molecule has 0 aliphatic carbocycles. The molecule has 0 unspecified atom stereocenters. The van der Waals surface area contributed by atoms with E-state index in [2.05, 4.69) is 20.9 Å². The second-order valence-corrected chi connectivity index (χ2v) is 4.35. The van der Waals surface area contributed by atoms with Crippen molar-refractivity contribution in [3.63, 3.8) is 0 Å². The highest BCUT2D eigenvalue weighted by molar-refractivity contribution is 9.08. The number of aromatic nitrogens is 1. The molecule has 15 heavy (non-hydrogen) atoms. The molecule has 0 N–H and O–H groups in total. The Labute approximate surface area is 105 Å². The normalized spacial score (nSPS) is 10.6. The van der Waals surface area contributed by atoms with Gasteiger partial charge in [0.05, 0.1) is 5.69 Å². The fourth-order valence-corrected chi connectivity index (χ4v) is 2.21. The van der Waals surface area contributed by atoms with Gasteiger partial charge in [0.1, 0.15) is 0 Å². The van der Waals surface area contributed by atoms with Crippen molar-refractivity contribution in [2.45, 2.75) is 5.33 Å². The maximum atomic E-state index is 5.90. The molecule has 0 saturated carbocycles. The van der Waals surface area contributed by atoms with Crippen LogP contribution in [0.2, 0.25) is 10.0 Å². The van der Waals surface area contributed by atoms with Crippen LogP contribution in [0.3, 0.4) is 0 Å². The highest BCUT2D eigenvalue weighted by atomic mass is 79.9. The van der Waals surface area contributed by atoms with Crippen molar-refractivity contribution >= 4 is 39.1 Å². The SMILES string of the molecule is Clc1cc(Cl)cc(-c2ocnc2CBr)c1. The van der Waals surface area contributed by atoms with Crippen LogP contribution in [0, 0.1) is 0 Å². The molecule has 1 heterocycles. The second-order valence-electron chi connectivity index (χ2n) is 2.92. The molecule has 0 aliphatic heterocycles. The number of nitrogens with zero attached hydrogens (tertiary/aromatic N) is 1. The molecule has 0 radical (unpaired) electrons. The Kier molecular flexibility index (Phi) is 3.34. The van der Waals surface area contributed by atoms with Gasteiger partial charge in [0.15, 0.2) is 12.2 Å². The van der Waals surface area contributed by atoms with E-state index < -0.39 is 0 Å². The summed E-state index contributed by atoms with van der Waals surface area (Å²) in [5.74, 6) is 0.691. The van der Waals surface area contributed by atoms with Gasteiger partial charge < -0.3 is 4.42 Å². The minimum atomic E-state index is 0.578. The third-order valence-corrected chi connectivity index (χ3v) is 2.86. The first-order valence-electron chi connectivity index (χ1n) is 4.15. The lowest BCUT2D eigenvalue weighted by Crippen LogP contribution is -1.83. The number of rotatable bonds is 2. The van der Waals surface area contributed by atoms with Gasteiger partial charge in [0.2, 0.25) is 0 Å². The first kappa shape index (κ1) is 11.0. The average Bonchev–Trinajstić information content (AvgIpc) is 2.63. The maximum absolute atomic E-state index is 5.90. The lowest BCUT2D eigenvalue weighted by Gasteiger charge is -2.00. The molecule has 0 aliphatic rings. The summed E-state index contributed by atoms with van der Waals surface area (Å²) in [5.41, 5.74) is 1.66. The van der Waals surface area contributed by atoms with E-state index in [1.165, 1.54) is 6.39 Å². The van der Waals surface area contributed by atoms with Crippen LogP contribution in [0.4, 0.5) is 0 Å². The number of benzene rings is 1. The Morgan fingerprint density at radius 2 is 1.87 bits per heavy atom. The average molecular weight is 307 g/mol. The van der Waals surface area contributed by atoms with Gasteiger partial charge in [-0.05, 0) is 18.2 Å². The summed E-state index contributed by atoms with van der Waals surface area (Å²) in [6.07, 6.45) is 1.40. The number of hydrogen-bond acceptors (Lipinski definition) is 2. The summed E-state index contributed by atoms with van der Waals surface area (Å²) in [6, 6.07) is 5.26. The van der Waals surface area contributed by atoms with E-state index in [1.807, 2.05) is 0 Å². The van der Waals surface area contributed by atoms with Gasteiger partial charge in [-0.15, -0.1) is 0 Å². The lowest BCUT2D eigenvalue weighted by atomic mass is 10.1. The van der Waals surface area contributed by atoms with E-state index in [9.17, 15) is 0 Å². The van der Waals surface area contributed by atoms with Crippen molar-refractivity contribution in [3.05, 3.63) is 40.3 Å². The van der Waals surface area contributed by atoms with Crippen LogP contribution in [0.15, 0.2) is 29.0 Å². The van der Waals surface area contributed by atoms with E-state index in [4.69, 9.17) is 27.6 Å². The molecular weight excluding hydrogens is 301 g/mol. The van der Waals surface area contributed by atoms with E-state index in [1.54, 1.807) is 18.2 Å². The molecule has 0 atom stereocenters. The van der Waals surface area contributed by atoms with Crippen LogP contribution < -0.4 is 0 Å². The van der Waals surface area contributed by atoms with Crippen molar-refractivity contribution in [3.8, 4) is 11.3 Å². The van der Waals surface area contributed by atoms with Crippen LogP contribution in [0.5, 0.6) is 0 Å². The quantitative estimate of drug-likeness (QED) is 0.761. The van der Waals surface area contributed by atoms with Gasteiger partial charge in [-0.1, -0.05) is 39.1 Å². The summed E-state index contributed by atoms with van der Waals surface area (Å²) in [6.45, 7) is 0. The number of alkyl halides is 1. The summed E-state index contributed by atoms with van der Waals surface area (Å²) < 4.78 is 5.29. The third kappa shape index (κ3) is 2.36. The van der Waals surface area contributed by atoms with E-state index in [-0.39, 0.29) is 0 Å². The van der Waals surface area contributed by atoms with Gasteiger partial charge in [-0.2, -0.15) is 0 Å². The van der Waals surface area contributed by atoms with Crippen LogP contribution in [0.1, 0.15) is 5.69 Å². The minimum absolute atomic E-state index is 0.578. The van der Waals surface area contributed by atoms with Gasteiger partial charge >= 0.3 is 0 Å². The van der Waals surface area contributed by atoms with Crippen LogP contribution in [0.25, 0.3) is 11.3 Å². The monoisotopic (exact) mass is 305 g/mol. The molecule has 78 valence electrons. The zero-order valence-electron chi connectivity index (χ0n) is 7.51. The maximum Gasteiger partial charge on any atom is 0.181 e. The molecular formula is C10H6BrCl2NO. The molecule has 1 aromatic heterocycles. The van der Waals surface area contributed by atoms with Crippen molar-refractivity contribution in [2.75, 3.05) is 0 Å². The van der Waals surface area contributed by atoms with E-state index in [0.717, 1.165) is 11.3 Å². The number of oxazole rings is 1. The topological polar surface area (TPSA) is 26.0 Å². The van der Waals surface area contributed by atoms with Gasteiger partial charge in [-0.3, -0.25) is 0 Å². The van der Waals surface area contributed by atoms with Gasteiger partial charge in [-0.25, -0.2) is 4.98 Å².